The van der Waals surface area contributed by atoms with Gasteiger partial charge in [0, 0.05) is 5.54 Å². The van der Waals surface area contributed by atoms with Crippen molar-refractivity contribution in [1.29, 1.82) is 0 Å². The maximum absolute atomic E-state index is 10.6. The van der Waals surface area contributed by atoms with Crippen LogP contribution in [0.15, 0.2) is 24.3 Å². The van der Waals surface area contributed by atoms with Gasteiger partial charge in [0.15, 0.2) is 0 Å². The number of benzene rings is 1. The molecule has 0 bridgehead atoms. The molecule has 0 aliphatic heterocycles. The van der Waals surface area contributed by atoms with E-state index in [1.807, 2.05) is 0 Å². The van der Waals surface area contributed by atoms with Crippen molar-refractivity contribution in [3.05, 3.63) is 29.8 Å². The number of hydrogen-bond acceptors (Lipinski definition) is 3. The van der Waals surface area contributed by atoms with Crippen LogP contribution in [-0.2, 0) is 0 Å². The van der Waals surface area contributed by atoms with Crippen LogP contribution in [0.3, 0.4) is 0 Å². The molecule has 0 unspecified atom stereocenters. The number of rotatable bonds is 17. The molecule has 4 nitrogen and oxygen atoms in total. The molecule has 31 heavy (non-hydrogen) atoms. The van der Waals surface area contributed by atoms with Gasteiger partial charge in [0.2, 0.25) is 0 Å². The first-order valence-electron chi connectivity index (χ1n) is 12.5. The van der Waals surface area contributed by atoms with Crippen molar-refractivity contribution in [2.24, 2.45) is 5.73 Å². The summed E-state index contributed by atoms with van der Waals surface area (Å²) >= 11 is 0. The summed E-state index contributed by atoms with van der Waals surface area (Å²) in [5.41, 5.74) is 6.26. The Kier molecular flexibility index (Phi) is 18.2. The Bertz CT molecular complexity index is 534. The van der Waals surface area contributed by atoms with Crippen LogP contribution in [0.5, 0.6) is 5.75 Å². The third-order valence-electron chi connectivity index (χ3n) is 5.29. The van der Waals surface area contributed by atoms with E-state index in [2.05, 4.69) is 27.7 Å². The summed E-state index contributed by atoms with van der Waals surface area (Å²) in [6, 6.07) is 6.51. The third kappa shape index (κ3) is 20.1. The van der Waals surface area contributed by atoms with Gasteiger partial charge >= 0.3 is 5.97 Å². The first-order valence-corrected chi connectivity index (χ1v) is 12.5. The zero-order valence-corrected chi connectivity index (χ0v) is 20.8. The van der Waals surface area contributed by atoms with Gasteiger partial charge in [-0.05, 0) is 51.0 Å². The quantitative estimate of drug-likeness (QED) is 0.243. The topological polar surface area (TPSA) is 72.5 Å². The highest BCUT2D eigenvalue weighted by Crippen LogP contribution is 2.14. The number of carboxylic acids is 1. The van der Waals surface area contributed by atoms with Gasteiger partial charge in [-0.1, -0.05) is 90.9 Å². The lowest BCUT2D eigenvalue weighted by Gasteiger charge is -2.17. The van der Waals surface area contributed by atoms with Crippen LogP contribution >= 0.6 is 0 Å². The van der Waals surface area contributed by atoms with E-state index in [1.54, 1.807) is 24.3 Å². The summed E-state index contributed by atoms with van der Waals surface area (Å²) < 4.78 is 5.49. The van der Waals surface area contributed by atoms with Gasteiger partial charge in [-0.3, -0.25) is 0 Å². The maximum atomic E-state index is 10.6. The van der Waals surface area contributed by atoms with Gasteiger partial charge < -0.3 is 15.6 Å². The molecule has 0 aliphatic rings. The predicted octanol–water partition coefficient (Wildman–Crippen LogP) is 7.99. The molecular weight excluding hydrogens is 386 g/mol. The molecule has 180 valence electrons. The summed E-state index contributed by atoms with van der Waals surface area (Å²) in [7, 11) is 0. The van der Waals surface area contributed by atoms with Crippen LogP contribution in [0.4, 0.5) is 0 Å². The Labute approximate surface area is 192 Å². The van der Waals surface area contributed by atoms with Crippen LogP contribution in [-0.4, -0.2) is 23.2 Å². The predicted molar refractivity (Wildman–Crippen MR) is 133 cm³/mol. The van der Waals surface area contributed by atoms with Crippen LogP contribution in [0.1, 0.15) is 128 Å². The molecule has 1 rings (SSSR count). The van der Waals surface area contributed by atoms with Crippen molar-refractivity contribution >= 4 is 5.97 Å². The molecule has 0 spiro atoms. The average Bonchev–Trinajstić information content (AvgIpc) is 2.72. The number of unbranched alkanes of at least 4 members (excludes halogenated alkanes) is 11. The highest BCUT2D eigenvalue weighted by molar-refractivity contribution is 5.87. The number of carboxylic acid groups (broad SMARTS) is 1. The SMILES string of the molecule is CCCCCCCCCCCC(C)(C)N.CCCCCCOc1ccc(C(=O)O)cc1. The van der Waals surface area contributed by atoms with E-state index in [-0.39, 0.29) is 5.54 Å². The second-order valence-corrected chi connectivity index (χ2v) is 9.31. The normalized spacial score (nSPS) is 11.0. The lowest BCUT2D eigenvalue weighted by atomic mass is 9.97. The molecule has 0 aromatic heterocycles. The van der Waals surface area contributed by atoms with Gasteiger partial charge in [0.25, 0.3) is 0 Å². The number of nitrogens with two attached hydrogens (primary N) is 1. The first-order chi connectivity index (χ1) is 14.8. The van der Waals surface area contributed by atoms with Crippen LogP contribution in [0, 0.1) is 0 Å². The second kappa shape index (κ2) is 19.2. The zero-order chi connectivity index (χ0) is 23.4. The van der Waals surface area contributed by atoms with E-state index in [4.69, 9.17) is 15.6 Å². The van der Waals surface area contributed by atoms with E-state index in [9.17, 15) is 4.79 Å². The van der Waals surface area contributed by atoms with E-state index in [0.717, 1.165) is 12.2 Å². The second-order valence-electron chi connectivity index (χ2n) is 9.31. The van der Waals surface area contributed by atoms with Crippen LogP contribution in [0.2, 0.25) is 0 Å². The maximum Gasteiger partial charge on any atom is 0.335 e. The third-order valence-corrected chi connectivity index (χ3v) is 5.29. The summed E-state index contributed by atoms with van der Waals surface area (Å²) in [5.74, 6) is -0.170. The van der Waals surface area contributed by atoms with Crippen LogP contribution < -0.4 is 10.5 Å². The lowest BCUT2D eigenvalue weighted by Crippen LogP contribution is -2.31. The lowest BCUT2D eigenvalue weighted by molar-refractivity contribution is 0.0697. The minimum atomic E-state index is -0.908. The highest BCUT2D eigenvalue weighted by atomic mass is 16.5. The molecule has 0 amide bonds. The minimum Gasteiger partial charge on any atom is -0.494 e. The van der Waals surface area contributed by atoms with Gasteiger partial charge in [0.1, 0.15) is 5.75 Å². The molecule has 0 saturated carbocycles. The monoisotopic (exact) mass is 435 g/mol. The van der Waals surface area contributed by atoms with Gasteiger partial charge in [-0.25, -0.2) is 4.79 Å². The molecule has 1 aromatic rings. The number of ether oxygens (including phenoxy) is 1. The van der Waals surface area contributed by atoms with Gasteiger partial charge in [-0.2, -0.15) is 0 Å². The summed E-state index contributed by atoms with van der Waals surface area (Å²) in [6.07, 6.45) is 18.4. The Hall–Kier alpha value is -1.55. The van der Waals surface area contributed by atoms with Crippen LogP contribution in [0.25, 0.3) is 0 Å². The fourth-order valence-corrected chi connectivity index (χ4v) is 3.30. The number of aromatic carboxylic acids is 1. The Balaban J connectivity index is 0.000000582. The molecule has 0 saturated heterocycles. The van der Waals surface area contributed by atoms with E-state index >= 15 is 0 Å². The average molecular weight is 436 g/mol. The van der Waals surface area contributed by atoms with Crippen molar-refractivity contribution in [3.8, 4) is 5.75 Å². The molecule has 1 aromatic carbocycles. The van der Waals surface area contributed by atoms with Crippen molar-refractivity contribution in [1.82, 2.24) is 0 Å². The molecule has 0 heterocycles. The number of carbonyl (C=O) groups is 1. The fourth-order valence-electron chi connectivity index (χ4n) is 3.30. The van der Waals surface area contributed by atoms with Crippen molar-refractivity contribution in [2.45, 2.75) is 123 Å². The van der Waals surface area contributed by atoms with Gasteiger partial charge in [0.05, 0.1) is 12.2 Å². The van der Waals surface area contributed by atoms with E-state index in [0.29, 0.717) is 12.2 Å². The smallest absolute Gasteiger partial charge is 0.335 e. The molecule has 0 atom stereocenters. The molecule has 3 N–H and O–H groups in total. The largest absolute Gasteiger partial charge is 0.494 e. The Morgan fingerprint density at radius 2 is 1.26 bits per heavy atom. The molecule has 0 fully saturated rings. The standard InChI is InChI=1S/C14H31N.C13H18O3/c1-4-5-6-7-8-9-10-11-12-13-14(2,3)15;1-2-3-4-5-10-16-12-8-6-11(7-9-12)13(14)15/h4-13,15H2,1-3H3;6-9H,2-5,10H2,1H3,(H,14,15). The van der Waals surface area contributed by atoms with Gasteiger partial charge in [-0.15, -0.1) is 0 Å². The Morgan fingerprint density at radius 1 is 0.806 bits per heavy atom. The molecular formula is C27H49NO3. The highest BCUT2D eigenvalue weighted by Gasteiger charge is 2.08. The van der Waals surface area contributed by atoms with Crippen molar-refractivity contribution in [2.75, 3.05) is 6.61 Å². The summed E-state index contributed by atoms with van der Waals surface area (Å²) in [6.45, 7) is 9.39. The van der Waals surface area contributed by atoms with Crippen molar-refractivity contribution < 1.29 is 14.6 Å². The Morgan fingerprint density at radius 3 is 1.71 bits per heavy atom. The summed E-state index contributed by atoms with van der Waals surface area (Å²) in [5, 5.41) is 8.71. The van der Waals surface area contributed by atoms with E-state index in [1.165, 1.54) is 83.5 Å². The first kappa shape index (κ1) is 29.5. The van der Waals surface area contributed by atoms with E-state index < -0.39 is 5.97 Å². The zero-order valence-electron chi connectivity index (χ0n) is 20.8. The molecule has 0 aliphatic carbocycles. The minimum absolute atomic E-state index is 0.0428. The fraction of sp³-hybridized carbons (Fsp3) is 0.741. The summed E-state index contributed by atoms with van der Waals surface area (Å²) in [4.78, 5) is 10.6. The number of hydrogen-bond donors (Lipinski definition) is 2. The molecule has 0 radical (unpaired) electrons. The molecule has 4 heteroatoms. The van der Waals surface area contributed by atoms with Crippen molar-refractivity contribution in [3.63, 3.8) is 0 Å².